The van der Waals surface area contributed by atoms with Crippen LogP contribution in [0.4, 0.5) is 0 Å². The maximum atomic E-state index is 11.4. The van der Waals surface area contributed by atoms with Crippen molar-refractivity contribution in [3.8, 4) is 0 Å². The Morgan fingerprint density at radius 2 is 1.71 bits per heavy atom. The van der Waals surface area contributed by atoms with Gasteiger partial charge >= 0.3 is 10.1 Å². The summed E-state index contributed by atoms with van der Waals surface area (Å²) in [5, 5.41) is 1.77. The highest BCUT2D eigenvalue weighted by molar-refractivity contribution is 7.88. The van der Waals surface area contributed by atoms with Crippen molar-refractivity contribution in [1.82, 2.24) is 0 Å². The lowest BCUT2D eigenvalue weighted by molar-refractivity contribution is 0.222. The molecule has 0 saturated heterocycles. The predicted molar refractivity (Wildman–Crippen MR) is 101 cm³/mol. The van der Waals surface area contributed by atoms with Crippen LogP contribution in [0.5, 0.6) is 0 Å². The van der Waals surface area contributed by atoms with Crippen LogP contribution in [0.1, 0.15) is 38.0 Å². The Morgan fingerprint density at radius 3 is 2.17 bits per heavy atom. The summed E-state index contributed by atoms with van der Waals surface area (Å²) in [5.74, 6) is 0. The molecule has 24 heavy (non-hydrogen) atoms. The average molecular weight is 385 g/mol. The first-order valence-corrected chi connectivity index (χ1v) is 12.9. The smallest absolute Gasteiger partial charge is 0.304 e. The summed E-state index contributed by atoms with van der Waals surface area (Å²) >= 11 is 1.01. The van der Waals surface area contributed by atoms with Gasteiger partial charge in [-0.1, -0.05) is 51.1 Å². The van der Waals surface area contributed by atoms with Gasteiger partial charge in [0.15, 0.2) is 8.32 Å². The molecular weight excluding hydrogens is 360 g/mol. The van der Waals surface area contributed by atoms with Crippen LogP contribution in [0, 0.1) is 0 Å². The van der Waals surface area contributed by atoms with Crippen molar-refractivity contribution in [3.05, 3.63) is 52.9 Å². The molecule has 4 nitrogen and oxygen atoms in total. The maximum Gasteiger partial charge on any atom is 0.304 e. The van der Waals surface area contributed by atoms with Gasteiger partial charge in [0.2, 0.25) is 0 Å². The first-order chi connectivity index (χ1) is 10.9. The summed E-state index contributed by atoms with van der Waals surface area (Å²) in [7, 11) is -6.27. The van der Waals surface area contributed by atoms with Crippen LogP contribution in [0.25, 0.3) is 0 Å². The van der Waals surface area contributed by atoms with Gasteiger partial charge in [0, 0.05) is 0 Å². The summed E-state index contributed by atoms with van der Waals surface area (Å²) < 4.78 is 38.5. The van der Waals surface area contributed by atoms with E-state index in [9.17, 15) is 13.0 Å². The standard InChI is InChI=1S/C17H24O4S2Si/c1-17(2,3)24(4,5)21-16(13-9-7-6-8-10-13)14-11-15(22-12-14)23(18,19)20/h6-12,16H,1-5H3,(H,18,19,20). The molecule has 2 rings (SSSR count). The van der Waals surface area contributed by atoms with Crippen LogP contribution < -0.4 is 0 Å². The molecule has 7 heteroatoms. The summed E-state index contributed by atoms with van der Waals surface area (Å²) in [6, 6.07) is 11.3. The highest BCUT2D eigenvalue weighted by atomic mass is 32.3. The zero-order chi connectivity index (χ0) is 18.2. The Hall–Kier alpha value is -0.993. The van der Waals surface area contributed by atoms with Crippen molar-refractivity contribution in [3.63, 3.8) is 0 Å². The largest absolute Gasteiger partial charge is 0.406 e. The fraction of sp³-hybridized carbons (Fsp3) is 0.412. The zero-order valence-corrected chi connectivity index (χ0v) is 17.2. The van der Waals surface area contributed by atoms with E-state index < -0.39 is 18.4 Å². The number of rotatable bonds is 5. The lowest BCUT2D eigenvalue weighted by Crippen LogP contribution is -2.42. The van der Waals surface area contributed by atoms with E-state index in [2.05, 4.69) is 33.9 Å². The Balaban J connectivity index is 2.47. The molecule has 0 radical (unpaired) electrons. The van der Waals surface area contributed by atoms with E-state index in [1.807, 2.05) is 30.3 Å². The average Bonchev–Trinajstić information content (AvgIpc) is 2.94. The molecule has 0 aliphatic heterocycles. The zero-order valence-electron chi connectivity index (χ0n) is 14.6. The van der Waals surface area contributed by atoms with Gasteiger partial charge in [-0.3, -0.25) is 4.55 Å². The molecule has 0 amide bonds. The summed E-state index contributed by atoms with van der Waals surface area (Å²) in [6.07, 6.45) is -0.348. The van der Waals surface area contributed by atoms with Crippen molar-refractivity contribution in [2.24, 2.45) is 0 Å². The molecule has 1 N–H and O–H groups in total. The summed E-state index contributed by atoms with van der Waals surface area (Å²) in [6.45, 7) is 10.8. The maximum absolute atomic E-state index is 11.4. The second-order valence-electron chi connectivity index (χ2n) is 7.34. The molecular formula is C17H24O4S2Si. The molecule has 1 aromatic heterocycles. The van der Waals surface area contributed by atoms with Gasteiger partial charge in [-0.05, 0) is 40.7 Å². The topological polar surface area (TPSA) is 63.6 Å². The van der Waals surface area contributed by atoms with E-state index in [0.717, 1.165) is 22.5 Å². The van der Waals surface area contributed by atoms with Crippen LogP contribution in [0.3, 0.4) is 0 Å². The fourth-order valence-electron chi connectivity index (χ4n) is 2.03. The van der Waals surface area contributed by atoms with Crippen molar-refractivity contribution < 1.29 is 17.4 Å². The van der Waals surface area contributed by atoms with Crippen molar-refractivity contribution in [2.45, 2.75) is 49.2 Å². The molecule has 1 heterocycles. The third kappa shape index (κ3) is 4.34. The molecule has 2 aromatic rings. The summed E-state index contributed by atoms with van der Waals surface area (Å²) in [4.78, 5) is 0. The molecule has 132 valence electrons. The number of benzene rings is 1. The molecule has 1 aromatic carbocycles. The minimum absolute atomic E-state index is 0.0297. The van der Waals surface area contributed by atoms with Crippen LogP contribution >= 0.6 is 11.3 Å². The van der Waals surface area contributed by atoms with Crippen molar-refractivity contribution >= 4 is 29.8 Å². The number of thiophene rings is 1. The number of hydrogen-bond acceptors (Lipinski definition) is 4. The molecule has 1 unspecified atom stereocenters. The van der Waals surface area contributed by atoms with Gasteiger partial charge in [0.1, 0.15) is 4.21 Å². The molecule has 0 aliphatic rings. The van der Waals surface area contributed by atoms with Gasteiger partial charge in [0.25, 0.3) is 0 Å². The normalized spacial score (nSPS) is 14.6. The van der Waals surface area contributed by atoms with Crippen molar-refractivity contribution in [2.75, 3.05) is 0 Å². The second-order valence-corrected chi connectivity index (χ2v) is 14.7. The highest BCUT2D eigenvalue weighted by Crippen LogP contribution is 2.42. The van der Waals surface area contributed by atoms with E-state index in [1.54, 1.807) is 5.38 Å². The first-order valence-electron chi connectivity index (χ1n) is 7.70. The summed E-state index contributed by atoms with van der Waals surface area (Å²) in [5.41, 5.74) is 1.73. The SMILES string of the molecule is CC(C)(C)[Si](C)(C)OC(c1ccccc1)c1csc(S(=O)(=O)O)c1. The van der Waals surface area contributed by atoms with Gasteiger partial charge in [-0.25, -0.2) is 0 Å². The van der Waals surface area contributed by atoms with Crippen LogP contribution in [-0.4, -0.2) is 21.3 Å². The van der Waals surface area contributed by atoms with E-state index in [1.165, 1.54) is 6.07 Å². The molecule has 0 saturated carbocycles. The minimum Gasteiger partial charge on any atom is -0.406 e. The van der Waals surface area contributed by atoms with Gasteiger partial charge in [0.05, 0.1) is 6.10 Å². The van der Waals surface area contributed by atoms with E-state index in [-0.39, 0.29) is 15.4 Å². The number of hydrogen-bond donors (Lipinski definition) is 1. The Kier molecular flexibility index (Phi) is 5.42. The lowest BCUT2D eigenvalue weighted by atomic mass is 10.1. The van der Waals surface area contributed by atoms with Crippen LogP contribution in [0.15, 0.2) is 46.0 Å². The third-order valence-corrected chi connectivity index (χ3v) is 11.2. The first kappa shape index (κ1) is 19.3. The van der Waals surface area contributed by atoms with Gasteiger partial charge < -0.3 is 4.43 Å². The third-order valence-electron chi connectivity index (χ3n) is 4.47. The minimum atomic E-state index is -4.20. The highest BCUT2D eigenvalue weighted by Gasteiger charge is 2.40. The van der Waals surface area contributed by atoms with Gasteiger partial charge in [-0.15, -0.1) is 11.3 Å². The second kappa shape index (κ2) is 6.72. The fourth-order valence-corrected chi connectivity index (χ4v) is 4.81. The Morgan fingerprint density at radius 1 is 1.12 bits per heavy atom. The predicted octanol–water partition coefficient (Wildman–Crippen LogP) is 5.11. The molecule has 0 bridgehead atoms. The lowest BCUT2D eigenvalue weighted by Gasteiger charge is -2.39. The van der Waals surface area contributed by atoms with Crippen molar-refractivity contribution in [1.29, 1.82) is 0 Å². The van der Waals surface area contributed by atoms with E-state index >= 15 is 0 Å². The van der Waals surface area contributed by atoms with E-state index in [0.29, 0.717) is 0 Å². The van der Waals surface area contributed by atoms with Gasteiger partial charge in [-0.2, -0.15) is 8.42 Å². The molecule has 0 spiro atoms. The molecule has 0 fully saturated rings. The monoisotopic (exact) mass is 384 g/mol. The van der Waals surface area contributed by atoms with Crippen LogP contribution in [0.2, 0.25) is 18.1 Å². The van der Waals surface area contributed by atoms with E-state index in [4.69, 9.17) is 4.43 Å². The Labute approximate surface area is 149 Å². The molecule has 1 atom stereocenters. The van der Waals surface area contributed by atoms with Crippen LogP contribution in [-0.2, 0) is 14.5 Å². The Bertz CT molecular complexity index is 789. The quantitative estimate of drug-likeness (QED) is 0.575. The molecule has 0 aliphatic carbocycles.